The molecule has 2 unspecified atom stereocenters. The van der Waals surface area contributed by atoms with Crippen LogP contribution in [0.15, 0.2) is 16.6 Å². The summed E-state index contributed by atoms with van der Waals surface area (Å²) in [6.07, 6.45) is 1.16. The summed E-state index contributed by atoms with van der Waals surface area (Å²) in [5.74, 6) is 2.27. The molecule has 0 saturated heterocycles. The van der Waals surface area contributed by atoms with Gasteiger partial charge in [0.15, 0.2) is 11.5 Å². The first-order chi connectivity index (χ1) is 8.61. The van der Waals surface area contributed by atoms with E-state index in [0.717, 1.165) is 28.1 Å². The first-order valence-corrected chi connectivity index (χ1v) is 7.26. The van der Waals surface area contributed by atoms with E-state index in [-0.39, 0.29) is 0 Å². The van der Waals surface area contributed by atoms with Crippen molar-refractivity contribution in [2.45, 2.75) is 33.2 Å². The van der Waals surface area contributed by atoms with E-state index in [1.54, 1.807) is 0 Å². The third-order valence-electron chi connectivity index (χ3n) is 3.51. The van der Waals surface area contributed by atoms with Crippen LogP contribution in [0.3, 0.4) is 0 Å². The normalized spacial score (nSPS) is 17.1. The Hall–Kier alpha value is -0.900. The Balaban J connectivity index is 2.18. The molecule has 100 valence electrons. The van der Waals surface area contributed by atoms with Gasteiger partial charge >= 0.3 is 0 Å². The Morgan fingerprint density at radius 1 is 1.22 bits per heavy atom. The average Bonchev–Trinajstić information content (AvgIpc) is 2.38. The van der Waals surface area contributed by atoms with Gasteiger partial charge in [0, 0.05) is 22.6 Å². The van der Waals surface area contributed by atoms with E-state index in [1.807, 2.05) is 12.1 Å². The van der Waals surface area contributed by atoms with Crippen LogP contribution in [0, 0.1) is 5.92 Å². The van der Waals surface area contributed by atoms with Crippen molar-refractivity contribution in [3.63, 3.8) is 0 Å². The molecule has 2 atom stereocenters. The molecule has 0 spiro atoms. The number of nitrogens with one attached hydrogen (secondary N) is 1. The minimum Gasteiger partial charge on any atom is -0.486 e. The van der Waals surface area contributed by atoms with Crippen LogP contribution in [0.5, 0.6) is 11.5 Å². The van der Waals surface area contributed by atoms with Gasteiger partial charge in [0.2, 0.25) is 0 Å². The van der Waals surface area contributed by atoms with E-state index in [4.69, 9.17) is 9.47 Å². The highest BCUT2D eigenvalue weighted by molar-refractivity contribution is 9.10. The molecule has 1 aliphatic rings. The van der Waals surface area contributed by atoms with Crippen molar-refractivity contribution in [2.75, 3.05) is 18.5 Å². The Bertz CT molecular complexity index is 423. The molecule has 1 heterocycles. The maximum atomic E-state index is 5.60. The van der Waals surface area contributed by atoms with E-state index in [2.05, 4.69) is 42.0 Å². The molecule has 1 N–H and O–H groups in total. The molecular weight excluding hydrogens is 294 g/mol. The number of ether oxygens (including phenoxy) is 2. The van der Waals surface area contributed by atoms with Gasteiger partial charge in [0.1, 0.15) is 13.2 Å². The molecule has 0 fully saturated rings. The molecule has 0 aliphatic carbocycles. The molecule has 2 rings (SSSR count). The predicted molar refractivity (Wildman–Crippen MR) is 77.7 cm³/mol. The summed E-state index contributed by atoms with van der Waals surface area (Å²) in [6, 6.07) is 4.41. The summed E-state index contributed by atoms with van der Waals surface area (Å²) in [5.41, 5.74) is 1.06. The van der Waals surface area contributed by atoms with Crippen LogP contribution < -0.4 is 14.8 Å². The van der Waals surface area contributed by atoms with Crippen molar-refractivity contribution < 1.29 is 9.47 Å². The minimum atomic E-state index is 0.425. The van der Waals surface area contributed by atoms with Gasteiger partial charge in [-0.15, -0.1) is 0 Å². The monoisotopic (exact) mass is 313 g/mol. The first-order valence-electron chi connectivity index (χ1n) is 6.47. The van der Waals surface area contributed by atoms with Crippen molar-refractivity contribution in [1.82, 2.24) is 0 Å². The highest BCUT2D eigenvalue weighted by Gasteiger charge is 2.17. The zero-order valence-electron chi connectivity index (χ0n) is 11.1. The van der Waals surface area contributed by atoms with Crippen molar-refractivity contribution in [2.24, 2.45) is 5.92 Å². The molecular formula is C14H20BrNO2. The molecule has 18 heavy (non-hydrogen) atoms. The number of rotatable bonds is 4. The van der Waals surface area contributed by atoms with Crippen LogP contribution in [0.25, 0.3) is 0 Å². The fourth-order valence-electron chi connectivity index (χ4n) is 1.92. The van der Waals surface area contributed by atoms with Crippen LogP contribution in [0.1, 0.15) is 27.2 Å². The summed E-state index contributed by atoms with van der Waals surface area (Å²) in [7, 11) is 0. The van der Waals surface area contributed by atoms with Crippen molar-refractivity contribution in [3.05, 3.63) is 16.6 Å². The Morgan fingerprint density at radius 3 is 2.44 bits per heavy atom. The number of anilines is 1. The van der Waals surface area contributed by atoms with Gasteiger partial charge in [-0.3, -0.25) is 0 Å². The molecule has 0 saturated carbocycles. The largest absolute Gasteiger partial charge is 0.486 e. The number of hydrogen-bond acceptors (Lipinski definition) is 3. The Kier molecular flexibility index (Phi) is 4.38. The molecule has 0 bridgehead atoms. The second-order valence-corrected chi connectivity index (χ2v) is 5.65. The summed E-state index contributed by atoms with van der Waals surface area (Å²) in [5, 5.41) is 3.53. The second kappa shape index (κ2) is 5.83. The zero-order valence-corrected chi connectivity index (χ0v) is 12.7. The molecule has 3 nitrogen and oxygen atoms in total. The van der Waals surface area contributed by atoms with Gasteiger partial charge in [0.25, 0.3) is 0 Å². The molecule has 4 heteroatoms. The van der Waals surface area contributed by atoms with Crippen LogP contribution in [0.4, 0.5) is 5.69 Å². The molecule has 1 aromatic carbocycles. The van der Waals surface area contributed by atoms with E-state index in [0.29, 0.717) is 25.2 Å². The fourth-order valence-corrected chi connectivity index (χ4v) is 2.35. The van der Waals surface area contributed by atoms with Gasteiger partial charge < -0.3 is 14.8 Å². The standard InChI is InChI=1S/C14H20BrNO2/c1-4-9(2)10(3)16-12-8-14-13(7-11(12)15)17-5-6-18-14/h7-10,16H,4-6H2,1-3H3. The van der Waals surface area contributed by atoms with Gasteiger partial charge in [-0.2, -0.15) is 0 Å². The van der Waals surface area contributed by atoms with Crippen LogP contribution >= 0.6 is 15.9 Å². The predicted octanol–water partition coefficient (Wildman–Crippen LogP) is 4.07. The topological polar surface area (TPSA) is 30.5 Å². The average molecular weight is 314 g/mol. The SMILES string of the molecule is CCC(C)C(C)Nc1cc2c(cc1Br)OCCO2. The zero-order chi connectivity index (χ0) is 13.1. The lowest BCUT2D eigenvalue weighted by Crippen LogP contribution is -2.23. The maximum Gasteiger partial charge on any atom is 0.163 e. The van der Waals surface area contributed by atoms with Gasteiger partial charge in [-0.05, 0) is 28.8 Å². The van der Waals surface area contributed by atoms with E-state index < -0.39 is 0 Å². The van der Waals surface area contributed by atoms with Crippen molar-refractivity contribution in [1.29, 1.82) is 0 Å². The fraction of sp³-hybridized carbons (Fsp3) is 0.571. The molecule has 0 amide bonds. The maximum absolute atomic E-state index is 5.60. The molecule has 1 aromatic rings. The lowest BCUT2D eigenvalue weighted by atomic mass is 10.0. The Labute approximate surface area is 117 Å². The molecule has 0 radical (unpaired) electrons. The smallest absolute Gasteiger partial charge is 0.163 e. The Morgan fingerprint density at radius 2 is 1.83 bits per heavy atom. The number of hydrogen-bond donors (Lipinski definition) is 1. The number of halogens is 1. The van der Waals surface area contributed by atoms with E-state index >= 15 is 0 Å². The van der Waals surface area contributed by atoms with Gasteiger partial charge in [-0.25, -0.2) is 0 Å². The van der Waals surface area contributed by atoms with Crippen LogP contribution in [-0.2, 0) is 0 Å². The highest BCUT2D eigenvalue weighted by Crippen LogP contribution is 2.38. The molecule has 1 aliphatic heterocycles. The third-order valence-corrected chi connectivity index (χ3v) is 4.17. The number of fused-ring (bicyclic) bond motifs is 1. The summed E-state index contributed by atoms with van der Waals surface area (Å²) < 4.78 is 12.2. The molecule has 0 aromatic heterocycles. The first kappa shape index (κ1) is 13.5. The van der Waals surface area contributed by atoms with Gasteiger partial charge in [0.05, 0.1) is 5.69 Å². The second-order valence-electron chi connectivity index (χ2n) is 4.79. The quantitative estimate of drug-likeness (QED) is 0.909. The van der Waals surface area contributed by atoms with Crippen molar-refractivity contribution >= 4 is 21.6 Å². The van der Waals surface area contributed by atoms with Gasteiger partial charge in [-0.1, -0.05) is 20.3 Å². The van der Waals surface area contributed by atoms with E-state index in [9.17, 15) is 0 Å². The van der Waals surface area contributed by atoms with Crippen LogP contribution in [-0.4, -0.2) is 19.3 Å². The van der Waals surface area contributed by atoms with Crippen molar-refractivity contribution in [3.8, 4) is 11.5 Å². The summed E-state index contributed by atoms with van der Waals surface area (Å²) >= 11 is 3.58. The third kappa shape index (κ3) is 2.91. The minimum absolute atomic E-state index is 0.425. The summed E-state index contributed by atoms with van der Waals surface area (Å²) in [6.45, 7) is 7.91. The summed E-state index contributed by atoms with van der Waals surface area (Å²) in [4.78, 5) is 0. The lowest BCUT2D eigenvalue weighted by molar-refractivity contribution is 0.171. The highest BCUT2D eigenvalue weighted by atomic mass is 79.9. The van der Waals surface area contributed by atoms with Crippen LogP contribution in [0.2, 0.25) is 0 Å². The number of benzene rings is 1. The van der Waals surface area contributed by atoms with E-state index in [1.165, 1.54) is 0 Å². The lowest BCUT2D eigenvalue weighted by Gasteiger charge is -2.24.